The molecule has 0 fully saturated rings. The first-order valence-corrected chi connectivity index (χ1v) is 8.18. The van der Waals surface area contributed by atoms with Crippen molar-refractivity contribution < 1.29 is 0 Å². The van der Waals surface area contributed by atoms with Crippen LogP contribution in [0.25, 0.3) is 16.7 Å². The van der Waals surface area contributed by atoms with Crippen LogP contribution in [0.3, 0.4) is 0 Å². The van der Waals surface area contributed by atoms with Crippen molar-refractivity contribution in [1.29, 1.82) is 0 Å². The van der Waals surface area contributed by atoms with Crippen molar-refractivity contribution in [3.05, 3.63) is 64.7 Å². The smallest absolute Gasteiger partial charge is 0.00764 e. The normalized spacial score (nSPS) is 11.0. The molecular formula is C22H28. The number of hydrogen-bond acceptors (Lipinski definition) is 0. The fourth-order valence-electron chi connectivity index (χ4n) is 3.16. The van der Waals surface area contributed by atoms with Gasteiger partial charge < -0.3 is 0 Å². The topological polar surface area (TPSA) is 0 Å². The summed E-state index contributed by atoms with van der Waals surface area (Å²) in [5, 5.41) is 0. The van der Waals surface area contributed by atoms with E-state index in [1.54, 1.807) is 0 Å². The maximum absolute atomic E-state index is 3.93. The summed E-state index contributed by atoms with van der Waals surface area (Å²) >= 11 is 0. The number of aryl methyl sites for hydroxylation is 2. The van der Waals surface area contributed by atoms with Gasteiger partial charge in [-0.15, -0.1) is 6.58 Å². The molecule has 2 aliphatic carbocycles. The molecule has 0 nitrogen and oxygen atoms in total. The fraction of sp³-hybridized carbons (Fsp3) is 0.364. The Hall–Kier alpha value is -1.82. The van der Waals surface area contributed by atoms with E-state index in [0.717, 1.165) is 6.42 Å². The molecule has 0 unspecified atom stereocenters. The van der Waals surface area contributed by atoms with Crippen molar-refractivity contribution in [3.63, 3.8) is 0 Å². The second-order valence-corrected chi connectivity index (χ2v) is 6.82. The molecule has 0 atom stereocenters. The van der Waals surface area contributed by atoms with Crippen LogP contribution in [0.15, 0.2) is 42.5 Å². The number of hydrogen-bond donors (Lipinski definition) is 0. The summed E-state index contributed by atoms with van der Waals surface area (Å²) in [6.45, 7) is 17.3. The van der Waals surface area contributed by atoms with E-state index in [1.165, 1.54) is 44.5 Å². The highest BCUT2D eigenvalue weighted by Crippen LogP contribution is 2.41. The zero-order chi connectivity index (χ0) is 16.4. The second kappa shape index (κ2) is 6.52. The maximum Gasteiger partial charge on any atom is -0.00764 e. The van der Waals surface area contributed by atoms with Gasteiger partial charge in [-0.3, -0.25) is 0 Å². The minimum Gasteiger partial charge on any atom is -0.103 e. The number of allylic oxidation sites excluding steroid dienone is 3. The molecule has 0 heteroatoms. The number of rotatable bonds is 4. The average Bonchev–Trinajstić information content (AvgIpc) is 2.64. The third-order valence-electron chi connectivity index (χ3n) is 4.50. The Bertz CT molecular complexity index is 694. The predicted octanol–water partition coefficient (Wildman–Crippen LogP) is 6.90. The first-order valence-electron chi connectivity index (χ1n) is 8.18. The molecule has 0 saturated heterocycles. The Kier molecular flexibility index (Phi) is 4.90. The van der Waals surface area contributed by atoms with Crippen LogP contribution in [0.5, 0.6) is 0 Å². The summed E-state index contributed by atoms with van der Waals surface area (Å²) in [6.07, 6.45) is 2.93. The third kappa shape index (κ3) is 3.02. The zero-order valence-electron chi connectivity index (χ0n) is 14.9. The van der Waals surface area contributed by atoms with Crippen LogP contribution in [0, 0.1) is 13.8 Å². The van der Waals surface area contributed by atoms with E-state index in [9.17, 15) is 0 Å². The van der Waals surface area contributed by atoms with Crippen LogP contribution in [0.2, 0.25) is 0 Å². The van der Waals surface area contributed by atoms with Crippen molar-refractivity contribution in [2.75, 3.05) is 0 Å². The van der Waals surface area contributed by atoms with Crippen LogP contribution in [-0.4, -0.2) is 0 Å². The summed E-state index contributed by atoms with van der Waals surface area (Å²) in [7, 11) is 0. The molecule has 0 aromatic carbocycles. The lowest BCUT2D eigenvalue weighted by Crippen LogP contribution is -1.88. The lowest BCUT2D eigenvalue weighted by atomic mass is 9.94. The van der Waals surface area contributed by atoms with E-state index in [1.807, 2.05) is 6.08 Å². The van der Waals surface area contributed by atoms with Gasteiger partial charge in [0, 0.05) is 0 Å². The number of fused-ring (bicyclic) bond motifs is 1. The Labute approximate surface area is 135 Å². The minimum absolute atomic E-state index is 0.545. The monoisotopic (exact) mass is 292 g/mol. The van der Waals surface area contributed by atoms with Crippen LogP contribution in [0.1, 0.15) is 62.3 Å². The van der Waals surface area contributed by atoms with Gasteiger partial charge >= 0.3 is 0 Å². The standard InChI is InChI=1S/C22H28/c1-8-9-19(15(4)5)21-12-17(7)20-13-18(14(2)3)11-10-16(6)22(20)21/h8,10-14H,1,9H2,2-7H3. The highest BCUT2D eigenvalue weighted by Gasteiger charge is 2.18. The molecule has 0 aliphatic heterocycles. The Morgan fingerprint density at radius 2 is 1.77 bits per heavy atom. The lowest BCUT2D eigenvalue weighted by molar-refractivity contribution is 0.868. The summed E-state index contributed by atoms with van der Waals surface area (Å²) in [6, 6.07) is 9.28. The van der Waals surface area contributed by atoms with E-state index in [4.69, 9.17) is 0 Å². The van der Waals surface area contributed by atoms with Gasteiger partial charge in [0.15, 0.2) is 0 Å². The quantitative estimate of drug-likeness (QED) is 0.537. The van der Waals surface area contributed by atoms with Gasteiger partial charge in [0.25, 0.3) is 0 Å². The lowest BCUT2D eigenvalue weighted by Gasteiger charge is -2.11. The van der Waals surface area contributed by atoms with E-state index < -0.39 is 0 Å². The first kappa shape index (κ1) is 16.5. The highest BCUT2D eigenvalue weighted by molar-refractivity contribution is 5.89. The van der Waals surface area contributed by atoms with Crippen LogP contribution >= 0.6 is 0 Å². The van der Waals surface area contributed by atoms with Crippen molar-refractivity contribution >= 4 is 5.57 Å². The Morgan fingerprint density at radius 1 is 1.09 bits per heavy atom. The SMILES string of the molecule is C=CCC(=C(C)C)c1cc(C)c2cc(C(C)C)ccc(C)c1-2. The Morgan fingerprint density at radius 3 is 2.32 bits per heavy atom. The molecule has 22 heavy (non-hydrogen) atoms. The van der Waals surface area contributed by atoms with Crippen LogP contribution in [0.4, 0.5) is 0 Å². The molecule has 0 saturated carbocycles. The molecule has 2 rings (SSSR count). The summed E-state index contributed by atoms with van der Waals surface area (Å²) < 4.78 is 0. The molecule has 0 aromatic heterocycles. The summed E-state index contributed by atoms with van der Waals surface area (Å²) in [5.41, 5.74) is 11.1. The van der Waals surface area contributed by atoms with Crippen LogP contribution in [-0.2, 0) is 0 Å². The van der Waals surface area contributed by atoms with Crippen molar-refractivity contribution in [2.45, 2.75) is 53.9 Å². The first-order chi connectivity index (χ1) is 10.4. The molecule has 2 aliphatic rings. The van der Waals surface area contributed by atoms with Gasteiger partial charge in [0.2, 0.25) is 0 Å². The van der Waals surface area contributed by atoms with Gasteiger partial charge in [0.1, 0.15) is 0 Å². The second-order valence-electron chi connectivity index (χ2n) is 6.82. The molecule has 0 heterocycles. The van der Waals surface area contributed by atoms with Crippen molar-refractivity contribution in [2.24, 2.45) is 0 Å². The summed E-state index contributed by atoms with van der Waals surface area (Å²) in [5.74, 6) is 0.545. The van der Waals surface area contributed by atoms with Gasteiger partial charge in [-0.25, -0.2) is 0 Å². The predicted molar refractivity (Wildman–Crippen MR) is 99.7 cm³/mol. The molecule has 0 spiro atoms. The molecular weight excluding hydrogens is 264 g/mol. The maximum atomic E-state index is 3.93. The molecule has 0 aromatic rings. The van der Waals surface area contributed by atoms with Gasteiger partial charge in [0.05, 0.1) is 0 Å². The Balaban J connectivity index is 2.78. The van der Waals surface area contributed by atoms with E-state index in [2.05, 4.69) is 72.4 Å². The van der Waals surface area contributed by atoms with E-state index in [0.29, 0.717) is 5.92 Å². The average molecular weight is 292 g/mol. The molecule has 0 N–H and O–H groups in total. The van der Waals surface area contributed by atoms with E-state index >= 15 is 0 Å². The minimum atomic E-state index is 0.545. The van der Waals surface area contributed by atoms with Gasteiger partial charge in [-0.1, -0.05) is 49.8 Å². The van der Waals surface area contributed by atoms with Gasteiger partial charge in [-0.05, 0) is 79.0 Å². The van der Waals surface area contributed by atoms with Gasteiger partial charge in [-0.2, -0.15) is 0 Å². The third-order valence-corrected chi connectivity index (χ3v) is 4.50. The zero-order valence-corrected chi connectivity index (χ0v) is 14.9. The van der Waals surface area contributed by atoms with Crippen molar-refractivity contribution in [3.8, 4) is 11.1 Å². The summed E-state index contributed by atoms with van der Waals surface area (Å²) in [4.78, 5) is 0. The highest BCUT2D eigenvalue weighted by atomic mass is 14.2. The fourth-order valence-corrected chi connectivity index (χ4v) is 3.16. The largest absolute Gasteiger partial charge is 0.103 e. The molecule has 0 bridgehead atoms. The van der Waals surface area contributed by atoms with Crippen LogP contribution < -0.4 is 0 Å². The molecule has 116 valence electrons. The molecule has 0 amide bonds. The molecule has 0 radical (unpaired) electrons. The van der Waals surface area contributed by atoms with E-state index in [-0.39, 0.29) is 0 Å². The van der Waals surface area contributed by atoms with Crippen molar-refractivity contribution in [1.82, 2.24) is 0 Å².